The maximum absolute atomic E-state index is 12.9. The molecule has 4 rings (SSSR count). The Hall–Kier alpha value is -2.33. The third-order valence-electron chi connectivity index (χ3n) is 4.80. The first-order valence-corrected chi connectivity index (χ1v) is 8.54. The first-order chi connectivity index (χ1) is 11.8. The van der Waals surface area contributed by atoms with Gasteiger partial charge in [-0.3, -0.25) is 4.79 Å². The molecule has 2 aromatic rings. The van der Waals surface area contributed by atoms with Crippen molar-refractivity contribution in [2.24, 2.45) is 0 Å². The number of nitrogens with zero attached hydrogens (tertiary/aromatic N) is 1. The van der Waals surface area contributed by atoms with Crippen LogP contribution in [0.4, 0.5) is 0 Å². The summed E-state index contributed by atoms with van der Waals surface area (Å²) in [5.41, 5.74) is 0.717. The number of fused-ring (bicyclic) bond motifs is 2. The topological polar surface area (TPSA) is 38.8 Å². The molecule has 0 spiro atoms. The molecule has 4 nitrogen and oxygen atoms in total. The van der Waals surface area contributed by atoms with Gasteiger partial charge in [-0.2, -0.15) is 0 Å². The molecule has 0 N–H and O–H groups in total. The molecule has 0 saturated carbocycles. The van der Waals surface area contributed by atoms with Crippen LogP contribution in [0, 0.1) is 0 Å². The summed E-state index contributed by atoms with van der Waals surface area (Å²) in [4.78, 5) is 15.0. The minimum absolute atomic E-state index is 0.110. The Labute approximate surface area is 142 Å². The van der Waals surface area contributed by atoms with Crippen molar-refractivity contribution in [2.75, 3.05) is 13.2 Å². The predicted molar refractivity (Wildman–Crippen MR) is 91.4 cm³/mol. The highest BCUT2D eigenvalue weighted by Gasteiger charge is 2.37. The van der Waals surface area contributed by atoms with Crippen LogP contribution in [0.1, 0.15) is 29.6 Å². The zero-order valence-electron chi connectivity index (χ0n) is 13.6. The van der Waals surface area contributed by atoms with Crippen LogP contribution in [0.5, 0.6) is 11.5 Å². The van der Waals surface area contributed by atoms with Crippen LogP contribution >= 0.6 is 0 Å². The van der Waals surface area contributed by atoms with Gasteiger partial charge in [-0.1, -0.05) is 18.2 Å². The number of carbonyl (C=O) groups is 1. The molecule has 2 aliphatic rings. The standard InChI is InChI=1S/C20H21NO3/c22-20(21-16-5-4-6-17(21)14-23-13-16)15-9-11-19(12-10-15)24-18-7-2-1-3-8-18/h1-3,7-12,16-17H,4-6,13-14H2/t16-,17-/m0/s1. The molecule has 1 amide bonds. The van der Waals surface area contributed by atoms with E-state index >= 15 is 0 Å². The van der Waals surface area contributed by atoms with E-state index in [2.05, 4.69) is 0 Å². The Morgan fingerprint density at radius 1 is 0.917 bits per heavy atom. The fourth-order valence-electron chi connectivity index (χ4n) is 3.60. The molecule has 0 unspecified atom stereocenters. The van der Waals surface area contributed by atoms with E-state index in [0.29, 0.717) is 18.8 Å². The third kappa shape index (κ3) is 3.02. The number of ether oxygens (including phenoxy) is 2. The Morgan fingerprint density at radius 2 is 1.54 bits per heavy atom. The molecular formula is C20H21NO3. The van der Waals surface area contributed by atoms with Crippen molar-refractivity contribution >= 4 is 5.91 Å². The van der Waals surface area contributed by atoms with Crippen molar-refractivity contribution in [1.29, 1.82) is 0 Å². The van der Waals surface area contributed by atoms with Crippen LogP contribution < -0.4 is 4.74 Å². The molecule has 2 atom stereocenters. The van der Waals surface area contributed by atoms with Crippen LogP contribution in [0.15, 0.2) is 54.6 Å². The average molecular weight is 323 g/mol. The van der Waals surface area contributed by atoms with Crippen LogP contribution in [-0.2, 0) is 4.74 Å². The third-order valence-corrected chi connectivity index (χ3v) is 4.80. The lowest BCUT2D eigenvalue weighted by Gasteiger charge is -2.45. The summed E-state index contributed by atoms with van der Waals surface area (Å²) < 4.78 is 11.4. The van der Waals surface area contributed by atoms with Gasteiger partial charge >= 0.3 is 0 Å². The van der Waals surface area contributed by atoms with Gasteiger partial charge in [-0.05, 0) is 55.7 Å². The van der Waals surface area contributed by atoms with E-state index in [1.807, 2.05) is 59.5 Å². The van der Waals surface area contributed by atoms with Gasteiger partial charge in [0.25, 0.3) is 5.91 Å². The van der Waals surface area contributed by atoms with Gasteiger partial charge in [0.2, 0.25) is 0 Å². The van der Waals surface area contributed by atoms with Gasteiger partial charge in [-0.25, -0.2) is 0 Å². The molecular weight excluding hydrogens is 302 g/mol. The normalized spacial score (nSPS) is 22.9. The number of benzene rings is 2. The quantitative estimate of drug-likeness (QED) is 0.860. The molecule has 2 bridgehead atoms. The molecule has 24 heavy (non-hydrogen) atoms. The Morgan fingerprint density at radius 3 is 2.21 bits per heavy atom. The van der Waals surface area contributed by atoms with E-state index in [0.717, 1.165) is 24.3 Å². The lowest BCUT2D eigenvalue weighted by atomic mass is 9.93. The molecule has 0 aromatic heterocycles. The monoisotopic (exact) mass is 323 g/mol. The average Bonchev–Trinajstić information content (AvgIpc) is 2.62. The number of carbonyl (C=O) groups excluding carboxylic acids is 1. The highest BCUT2D eigenvalue weighted by molar-refractivity contribution is 5.95. The number of rotatable bonds is 3. The van der Waals surface area contributed by atoms with Gasteiger partial charge < -0.3 is 14.4 Å². The maximum Gasteiger partial charge on any atom is 0.254 e. The van der Waals surface area contributed by atoms with Crippen molar-refractivity contribution < 1.29 is 14.3 Å². The van der Waals surface area contributed by atoms with Crippen LogP contribution in [-0.4, -0.2) is 36.1 Å². The number of para-hydroxylation sites is 1. The van der Waals surface area contributed by atoms with Crippen molar-refractivity contribution in [3.63, 3.8) is 0 Å². The highest BCUT2D eigenvalue weighted by Crippen LogP contribution is 2.29. The van der Waals surface area contributed by atoms with E-state index in [1.54, 1.807) is 0 Å². The largest absolute Gasteiger partial charge is 0.457 e. The molecule has 4 heteroatoms. The maximum atomic E-state index is 12.9. The summed E-state index contributed by atoms with van der Waals surface area (Å²) in [7, 11) is 0. The summed E-state index contributed by atoms with van der Waals surface area (Å²) in [5, 5.41) is 0. The van der Waals surface area contributed by atoms with Gasteiger partial charge in [-0.15, -0.1) is 0 Å². The Bertz CT molecular complexity index is 677. The van der Waals surface area contributed by atoms with Crippen molar-refractivity contribution in [3.05, 3.63) is 60.2 Å². The van der Waals surface area contributed by atoms with Gasteiger partial charge in [0.15, 0.2) is 0 Å². The zero-order valence-corrected chi connectivity index (χ0v) is 13.6. The zero-order chi connectivity index (χ0) is 16.4. The first-order valence-electron chi connectivity index (χ1n) is 8.54. The highest BCUT2D eigenvalue weighted by atomic mass is 16.5. The molecule has 2 aliphatic heterocycles. The number of morpholine rings is 1. The van der Waals surface area contributed by atoms with Crippen LogP contribution in [0.3, 0.4) is 0 Å². The van der Waals surface area contributed by atoms with E-state index in [-0.39, 0.29) is 18.0 Å². The van der Waals surface area contributed by atoms with Gasteiger partial charge in [0.1, 0.15) is 11.5 Å². The van der Waals surface area contributed by atoms with Crippen molar-refractivity contribution in [2.45, 2.75) is 31.3 Å². The number of amides is 1. The number of hydrogen-bond acceptors (Lipinski definition) is 3. The van der Waals surface area contributed by atoms with Crippen molar-refractivity contribution in [1.82, 2.24) is 4.90 Å². The van der Waals surface area contributed by atoms with Crippen LogP contribution in [0.2, 0.25) is 0 Å². The molecule has 124 valence electrons. The van der Waals surface area contributed by atoms with Gasteiger partial charge in [0.05, 0.1) is 25.3 Å². The Balaban J connectivity index is 1.49. The molecule has 2 aromatic carbocycles. The number of piperidine rings is 1. The summed E-state index contributed by atoms with van der Waals surface area (Å²) in [6.07, 6.45) is 3.27. The molecule has 0 aliphatic carbocycles. The van der Waals surface area contributed by atoms with E-state index in [4.69, 9.17) is 9.47 Å². The van der Waals surface area contributed by atoms with Gasteiger partial charge in [0, 0.05) is 5.56 Å². The second-order valence-corrected chi connectivity index (χ2v) is 6.43. The minimum Gasteiger partial charge on any atom is -0.457 e. The fraction of sp³-hybridized carbons (Fsp3) is 0.350. The predicted octanol–water partition coefficient (Wildman–Crippen LogP) is 3.87. The SMILES string of the molecule is O=C(c1ccc(Oc2ccccc2)cc1)N1[C@H]2CCC[C@H]1COC2. The fourth-order valence-corrected chi connectivity index (χ4v) is 3.60. The summed E-state index contributed by atoms with van der Waals surface area (Å²) in [5.74, 6) is 1.64. The minimum atomic E-state index is 0.110. The lowest BCUT2D eigenvalue weighted by molar-refractivity contribution is -0.0565. The lowest BCUT2D eigenvalue weighted by Crippen LogP contribution is -2.57. The second-order valence-electron chi connectivity index (χ2n) is 6.43. The summed E-state index contributed by atoms with van der Waals surface area (Å²) in [6, 6.07) is 17.5. The van der Waals surface area contributed by atoms with E-state index < -0.39 is 0 Å². The Kier molecular flexibility index (Phi) is 4.22. The summed E-state index contributed by atoms with van der Waals surface area (Å²) >= 11 is 0. The summed E-state index contributed by atoms with van der Waals surface area (Å²) in [6.45, 7) is 1.33. The number of hydrogen-bond donors (Lipinski definition) is 0. The molecule has 0 radical (unpaired) electrons. The molecule has 2 saturated heterocycles. The van der Waals surface area contributed by atoms with Crippen LogP contribution in [0.25, 0.3) is 0 Å². The smallest absolute Gasteiger partial charge is 0.254 e. The molecule has 2 heterocycles. The second kappa shape index (κ2) is 6.65. The van der Waals surface area contributed by atoms with E-state index in [9.17, 15) is 4.79 Å². The molecule has 2 fully saturated rings. The first kappa shape index (κ1) is 15.2. The van der Waals surface area contributed by atoms with Crippen molar-refractivity contribution in [3.8, 4) is 11.5 Å². The van der Waals surface area contributed by atoms with E-state index in [1.165, 1.54) is 6.42 Å².